The number of amides is 2. The molecule has 142 valence electrons. The van der Waals surface area contributed by atoms with E-state index >= 15 is 0 Å². The first-order chi connectivity index (χ1) is 13.1. The molecule has 0 spiro atoms. The van der Waals surface area contributed by atoms with Crippen LogP contribution in [-0.2, 0) is 20.7 Å². The Bertz CT molecular complexity index is 872. The van der Waals surface area contributed by atoms with E-state index in [9.17, 15) is 9.59 Å². The minimum Gasteiger partial charge on any atom is -0.480 e. The SMILES string of the molecule is COc1nc2ccccc2nc1CCC(=O)N1C[C@H]2COC[C@@H](C1)C(=O)N2. The highest BCUT2D eigenvalue weighted by molar-refractivity contribution is 5.83. The second-order valence-corrected chi connectivity index (χ2v) is 6.91. The van der Waals surface area contributed by atoms with Crippen molar-refractivity contribution in [3.05, 3.63) is 30.0 Å². The number of carbonyl (C=O) groups is 2. The molecule has 0 saturated carbocycles. The van der Waals surface area contributed by atoms with Crippen LogP contribution in [0.3, 0.4) is 0 Å². The number of aryl methyl sites for hydroxylation is 1. The van der Waals surface area contributed by atoms with E-state index in [2.05, 4.69) is 15.3 Å². The van der Waals surface area contributed by atoms with Crippen LogP contribution in [0.15, 0.2) is 24.3 Å². The third kappa shape index (κ3) is 3.71. The second-order valence-electron chi connectivity index (χ2n) is 6.91. The first-order valence-corrected chi connectivity index (χ1v) is 9.09. The normalized spacial score (nSPS) is 22.3. The van der Waals surface area contributed by atoms with Crippen molar-refractivity contribution in [3.8, 4) is 5.88 Å². The van der Waals surface area contributed by atoms with E-state index in [0.717, 1.165) is 11.0 Å². The number of hydrogen-bond acceptors (Lipinski definition) is 6. The van der Waals surface area contributed by atoms with E-state index in [1.165, 1.54) is 0 Å². The van der Waals surface area contributed by atoms with Crippen LogP contribution in [0.5, 0.6) is 5.88 Å². The molecule has 1 N–H and O–H groups in total. The summed E-state index contributed by atoms with van der Waals surface area (Å²) in [4.78, 5) is 35.7. The molecule has 2 aromatic rings. The molecule has 0 unspecified atom stereocenters. The number of carbonyl (C=O) groups excluding carboxylic acids is 2. The van der Waals surface area contributed by atoms with Crippen molar-refractivity contribution < 1.29 is 19.1 Å². The Morgan fingerprint density at radius 1 is 1.26 bits per heavy atom. The first kappa shape index (κ1) is 17.7. The van der Waals surface area contributed by atoms with Gasteiger partial charge < -0.3 is 19.7 Å². The number of rotatable bonds is 4. The maximum atomic E-state index is 12.8. The molecule has 2 atom stereocenters. The molecule has 4 rings (SSSR count). The summed E-state index contributed by atoms with van der Waals surface area (Å²) in [5.74, 6) is 0.103. The summed E-state index contributed by atoms with van der Waals surface area (Å²) < 4.78 is 10.9. The first-order valence-electron chi connectivity index (χ1n) is 9.09. The van der Waals surface area contributed by atoms with Gasteiger partial charge in [0, 0.05) is 25.9 Å². The molecule has 8 heteroatoms. The fourth-order valence-electron chi connectivity index (χ4n) is 3.56. The summed E-state index contributed by atoms with van der Waals surface area (Å²) in [6.45, 7) is 1.66. The molecule has 1 aromatic heterocycles. The van der Waals surface area contributed by atoms with Crippen molar-refractivity contribution in [2.24, 2.45) is 5.92 Å². The van der Waals surface area contributed by atoms with E-state index in [1.54, 1.807) is 12.0 Å². The van der Waals surface area contributed by atoms with Gasteiger partial charge in [-0.15, -0.1) is 0 Å². The lowest BCUT2D eigenvalue weighted by molar-refractivity contribution is -0.133. The van der Waals surface area contributed by atoms with Gasteiger partial charge in [0.05, 0.1) is 43.3 Å². The van der Waals surface area contributed by atoms with E-state index in [4.69, 9.17) is 9.47 Å². The lowest BCUT2D eigenvalue weighted by Gasteiger charge is -2.27. The monoisotopic (exact) mass is 370 g/mol. The maximum absolute atomic E-state index is 12.8. The third-order valence-corrected chi connectivity index (χ3v) is 4.96. The van der Waals surface area contributed by atoms with Crippen molar-refractivity contribution >= 4 is 22.8 Å². The van der Waals surface area contributed by atoms with Crippen LogP contribution in [0.25, 0.3) is 11.0 Å². The average molecular weight is 370 g/mol. The third-order valence-electron chi connectivity index (χ3n) is 4.96. The molecule has 2 fully saturated rings. The minimum atomic E-state index is -0.309. The standard InChI is InChI=1S/C19H22N4O4/c1-26-19-16(21-14-4-2-3-5-15(14)22-19)6-7-17(24)23-8-12-10-27-11-13(9-23)20-18(12)25/h2-5,12-13H,6-11H2,1H3,(H,20,25)/t12-,13+/m1/s1. The number of ether oxygens (including phenoxy) is 2. The van der Waals surface area contributed by atoms with Crippen LogP contribution < -0.4 is 10.1 Å². The van der Waals surface area contributed by atoms with E-state index in [1.807, 2.05) is 24.3 Å². The summed E-state index contributed by atoms with van der Waals surface area (Å²) >= 11 is 0. The number of para-hydroxylation sites is 2. The zero-order valence-electron chi connectivity index (χ0n) is 15.2. The number of nitrogens with one attached hydrogen (secondary N) is 1. The fourth-order valence-corrected chi connectivity index (χ4v) is 3.56. The summed E-state index contributed by atoms with van der Waals surface area (Å²) in [7, 11) is 1.55. The van der Waals surface area contributed by atoms with Crippen molar-refractivity contribution in [2.75, 3.05) is 33.4 Å². The number of benzene rings is 1. The second kappa shape index (κ2) is 7.48. The quantitative estimate of drug-likeness (QED) is 0.845. The van der Waals surface area contributed by atoms with Crippen molar-refractivity contribution in [2.45, 2.75) is 18.9 Å². The van der Waals surface area contributed by atoms with Crippen LogP contribution in [0.4, 0.5) is 0 Å². The summed E-state index contributed by atoms with van der Waals surface area (Å²) in [5, 5.41) is 2.94. The number of hydrogen-bond donors (Lipinski definition) is 1. The van der Waals surface area contributed by atoms with Gasteiger partial charge in [0.25, 0.3) is 0 Å². The molecule has 1 aromatic carbocycles. The zero-order chi connectivity index (χ0) is 18.8. The van der Waals surface area contributed by atoms with Crippen LogP contribution in [0.2, 0.25) is 0 Å². The Balaban J connectivity index is 1.47. The molecule has 2 aliphatic rings. The van der Waals surface area contributed by atoms with E-state index in [0.29, 0.717) is 44.3 Å². The smallest absolute Gasteiger partial charge is 0.235 e. The van der Waals surface area contributed by atoms with Crippen LogP contribution in [-0.4, -0.2) is 66.1 Å². The molecular weight excluding hydrogens is 348 g/mol. The van der Waals surface area contributed by atoms with Gasteiger partial charge in [0.1, 0.15) is 5.69 Å². The number of nitrogens with zero attached hydrogens (tertiary/aromatic N) is 3. The largest absolute Gasteiger partial charge is 0.480 e. The highest BCUT2D eigenvalue weighted by Gasteiger charge is 2.34. The van der Waals surface area contributed by atoms with Gasteiger partial charge in [-0.25, -0.2) is 9.97 Å². The van der Waals surface area contributed by atoms with Crippen LogP contribution in [0, 0.1) is 5.92 Å². The Morgan fingerprint density at radius 2 is 2.04 bits per heavy atom. The fraction of sp³-hybridized carbons (Fsp3) is 0.474. The molecule has 0 radical (unpaired) electrons. The van der Waals surface area contributed by atoms with Crippen molar-refractivity contribution in [1.82, 2.24) is 20.2 Å². The highest BCUT2D eigenvalue weighted by Crippen LogP contribution is 2.21. The van der Waals surface area contributed by atoms with Gasteiger partial charge in [0.15, 0.2) is 0 Å². The molecular formula is C19H22N4O4. The van der Waals surface area contributed by atoms with Gasteiger partial charge in [-0.2, -0.15) is 0 Å². The molecule has 2 aliphatic heterocycles. The molecule has 27 heavy (non-hydrogen) atoms. The van der Waals surface area contributed by atoms with Gasteiger partial charge in [-0.3, -0.25) is 9.59 Å². The van der Waals surface area contributed by atoms with E-state index in [-0.39, 0.29) is 30.2 Å². The van der Waals surface area contributed by atoms with Gasteiger partial charge >= 0.3 is 0 Å². The number of aromatic nitrogens is 2. The van der Waals surface area contributed by atoms with Gasteiger partial charge in [-0.05, 0) is 12.1 Å². The van der Waals surface area contributed by atoms with Gasteiger partial charge in [0.2, 0.25) is 17.7 Å². The predicted molar refractivity (Wildman–Crippen MR) is 97.2 cm³/mol. The summed E-state index contributed by atoms with van der Waals surface area (Å²) in [5.41, 5.74) is 2.20. The Morgan fingerprint density at radius 3 is 2.81 bits per heavy atom. The summed E-state index contributed by atoms with van der Waals surface area (Å²) in [6.07, 6.45) is 0.724. The Hall–Kier alpha value is -2.74. The van der Waals surface area contributed by atoms with Crippen LogP contribution in [0.1, 0.15) is 12.1 Å². The lowest BCUT2D eigenvalue weighted by atomic mass is 10.1. The Labute approximate surface area is 156 Å². The molecule has 3 heterocycles. The molecule has 2 bridgehead atoms. The van der Waals surface area contributed by atoms with Crippen molar-refractivity contribution in [1.29, 1.82) is 0 Å². The number of methoxy groups -OCH3 is 1. The summed E-state index contributed by atoms with van der Waals surface area (Å²) in [6, 6.07) is 7.42. The Kier molecular flexibility index (Phi) is 4.89. The molecule has 0 aliphatic carbocycles. The topological polar surface area (TPSA) is 93.7 Å². The highest BCUT2D eigenvalue weighted by atomic mass is 16.5. The lowest BCUT2D eigenvalue weighted by Crippen LogP contribution is -2.44. The number of fused-ring (bicyclic) bond motifs is 4. The molecule has 2 amide bonds. The molecule has 2 saturated heterocycles. The molecule has 8 nitrogen and oxygen atoms in total. The average Bonchev–Trinajstić information content (AvgIpc) is 2.93. The van der Waals surface area contributed by atoms with E-state index < -0.39 is 0 Å². The van der Waals surface area contributed by atoms with Gasteiger partial charge in [-0.1, -0.05) is 12.1 Å². The predicted octanol–water partition coefficient (Wildman–Crippen LogP) is 0.544. The maximum Gasteiger partial charge on any atom is 0.235 e. The minimum absolute atomic E-state index is 0.000381. The van der Waals surface area contributed by atoms with Crippen molar-refractivity contribution in [3.63, 3.8) is 0 Å². The zero-order valence-corrected chi connectivity index (χ0v) is 15.2. The van der Waals surface area contributed by atoms with Crippen LogP contribution >= 0.6 is 0 Å².